The van der Waals surface area contributed by atoms with Crippen molar-refractivity contribution in [3.8, 4) is 11.4 Å². The number of aliphatic imine (C=N–C) groups is 1. The van der Waals surface area contributed by atoms with Crippen LogP contribution >= 0.6 is 0 Å². The maximum Gasteiger partial charge on any atom is 0.0640 e. The number of rotatable bonds is 5. The van der Waals surface area contributed by atoms with Gasteiger partial charge in [0.15, 0.2) is 0 Å². The molecule has 6 aromatic carbocycles. The molecular weight excluding hydrogens is 498 g/mol. The van der Waals surface area contributed by atoms with Crippen molar-refractivity contribution in [3.05, 3.63) is 157 Å². The summed E-state index contributed by atoms with van der Waals surface area (Å²) < 4.78 is 4.79. The molecule has 0 saturated heterocycles. The Bertz CT molecular complexity index is 2220. The van der Waals surface area contributed by atoms with Crippen LogP contribution in [0.25, 0.3) is 55.0 Å². The molecule has 2 heterocycles. The van der Waals surface area contributed by atoms with E-state index in [1.807, 2.05) is 24.4 Å². The largest absolute Gasteiger partial charge is 0.309 e. The molecule has 0 aliphatic rings. The Morgan fingerprint density at radius 1 is 0.439 bits per heavy atom. The van der Waals surface area contributed by atoms with Crippen LogP contribution in [0.4, 0.5) is 0 Å². The summed E-state index contributed by atoms with van der Waals surface area (Å²) >= 11 is 0. The second-order valence-electron chi connectivity index (χ2n) is 10.5. The average Bonchev–Trinajstić information content (AvgIpc) is 3.53. The van der Waals surface area contributed by atoms with Crippen molar-refractivity contribution < 1.29 is 0 Å². The molecule has 8 rings (SSSR count). The molecule has 0 atom stereocenters. The fourth-order valence-electron chi connectivity index (χ4n) is 6.15. The molecule has 41 heavy (non-hydrogen) atoms. The lowest BCUT2D eigenvalue weighted by Crippen LogP contribution is -1.96. The van der Waals surface area contributed by atoms with Crippen LogP contribution in [0.15, 0.2) is 151 Å². The lowest BCUT2D eigenvalue weighted by molar-refractivity contribution is 1.06. The molecule has 0 fully saturated rings. The average molecular weight is 526 g/mol. The molecule has 3 nitrogen and oxygen atoms in total. The number of hydrogen-bond donors (Lipinski definition) is 0. The van der Waals surface area contributed by atoms with E-state index in [-0.39, 0.29) is 0 Å². The molecule has 194 valence electrons. The molecule has 0 amide bonds. The number of para-hydroxylation sites is 3. The smallest absolute Gasteiger partial charge is 0.0640 e. The number of aromatic nitrogens is 2. The first-order valence-corrected chi connectivity index (χ1v) is 14.0. The minimum Gasteiger partial charge on any atom is -0.309 e. The first-order chi connectivity index (χ1) is 20.3. The number of hydrogen-bond acceptors (Lipinski definition) is 1. The Kier molecular flexibility index (Phi) is 5.53. The highest BCUT2D eigenvalue weighted by atomic mass is 15.0. The second-order valence-corrected chi connectivity index (χ2v) is 10.5. The molecular formula is C38H27N3. The van der Waals surface area contributed by atoms with Gasteiger partial charge in [0, 0.05) is 39.1 Å². The Morgan fingerprint density at radius 2 is 1.00 bits per heavy atom. The maximum atomic E-state index is 4.73. The standard InChI is InChI=1S/C38H27N3/c1-3-12-27(13-4-1)25-39-26-28-14-11-17-30(22-28)41-36-21-10-8-19-32(36)34-23-33-31-18-7-9-20-35(31)40(37(33)24-38(34)41)29-15-5-2-6-16-29/h1-25H,26H2. The van der Waals surface area contributed by atoms with Gasteiger partial charge in [-0.25, -0.2) is 0 Å². The van der Waals surface area contributed by atoms with Gasteiger partial charge in [-0.3, -0.25) is 4.99 Å². The van der Waals surface area contributed by atoms with Gasteiger partial charge in [-0.15, -0.1) is 0 Å². The minimum atomic E-state index is 0.631. The van der Waals surface area contributed by atoms with E-state index in [2.05, 4.69) is 137 Å². The van der Waals surface area contributed by atoms with Crippen molar-refractivity contribution >= 4 is 49.8 Å². The van der Waals surface area contributed by atoms with Crippen molar-refractivity contribution in [1.82, 2.24) is 9.13 Å². The van der Waals surface area contributed by atoms with Crippen molar-refractivity contribution in [2.75, 3.05) is 0 Å². The molecule has 8 aromatic rings. The Labute approximate surface area is 238 Å². The van der Waals surface area contributed by atoms with E-state index in [0.717, 1.165) is 11.3 Å². The van der Waals surface area contributed by atoms with Crippen molar-refractivity contribution in [1.29, 1.82) is 0 Å². The zero-order chi connectivity index (χ0) is 27.2. The first-order valence-electron chi connectivity index (χ1n) is 14.0. The quantitative estimate of drug-likeness (QED) is 0.200. The predicted octanol–water partition coefficient (Wildman–Crippen LogP) is 9.50. The van der Waals surface area contributed by atoms with Gasteiger partial charge in [-0.05, 0) is 59.7 Å². The van der Waals surface area contributed by atoms with Gasteiger partial charge in [0.1, 0.15) is 0 Å². The van der Waals surface area contributed by atoms with Gasteiger partial charge in [-0.1, -0.05) is 97.1 Å². The molecule has 0 radical (unpaired) electrons. The summed E-state index contributed by atoms with van der Waals surface area (Å²) in [5.41, 5.74) is 9.43. The van der Waals surface area contributed by atoms with Crippen molar-refractivity contribution in [2.24, 2.45) is 4.99 Å². The zero-order valence-corrected chi connectivity index (χ0v) is 22.5. The van der Waals surface area contributed by atoms with Gasteiger partial charge >= 0.3 is 0 Å². The van der Waals surface area contributed by atoms with E-state index in [1.165, 1.54) is 54.9 Å². The van der Waals surface area contributed by atoms with Gasteiger partial charge in [-0.2, -0.15) is 0 Å². The molecule has 2 aromatic heterocycles. The molecule has 0 bridgehead atoms. The van der Waals surface area contributed by atoms with Crippen LogP contribution in [0.1, 0.15) is 11.1 Å². The van der Waals surface area contributed by atoms with E-state index in [4.69, 9.17) is 4.99 Å². The molecule has 0 aliphatic carbocycles. The molecule has 3 heteroatoms. The molecule has 0 N–H and O–H groups in total. The lowest BCUT2D eigenvalue weighted by Gasteiger charge is -2.11. The second kappa shape index (κ2) is 9.65. The van der Waals surface area contributed by atoms with E-state index < -0.39 is 0 Å². The fraction of sp³-hybridized carbons (Fsp3) is 0.0263. The number of benzene rings is 6. The van der Waals surface area contributed by atoms with E-state index in [0.29, 0.717) is 6.54 Å². The SMILES string of the molecule is C(=NCc1cccc(-n2c3ccccc3c3cc4c5ccccc5n(-c5ccccc5)c4cc32)c1)c1ccccc1. The highest BCUT2D eigenvalue weighted by Crippen LogP contribution is 2.39. The van der Waals surface area contributed by atoms with Crippen LogP contribution in [0.5, 0.6) is 0 Å². The lowest BCUT2D eigenvalue weighted by atomic mass is 10.1. The van der Waals surface area contributed by atoms with Gasteiger partial charge in [0.25, 0.3) is 0 Å². The van der Waals surface area contributed by atoms with Gasteiger partial charge < -0.3 is 9.13 Å². The summed E-state index contributed by atoms with van der Waals surface area (Å²) in [6, 6.07) is 51.9. The summed E-state index contributed by atoms with van der Waals surface area (Å²) in [4.78, 5) is 4.73. The van der Waals surface area contributed by atoms with E-state index >= 15 is 0 Å². The van der Waals surface area contributed by atoms with E-state index in [9.17, 15) is 0 Å². The third kappa shape index (κ3) is 3.94. The molecule has 0 aliphatic heterocycles. The highest BCUT2D eigenvalue weighted by Gasteiger charge is 2.18. The monoisotopic (exact) mass is 525 g/mol. The maximum absolute atomic E-state index is 4.73. The third-order valence-corrected chi connectivity index (χ3v) is 7.96. The van der Waals surface area contributed by atoms with Crippen LogP contribution < -0.4 is 0 Å². The van der Waals surface area contributed by atoms with Crippen LogP contribution in [0, 0.1) is 0 Å². The highest BCUT2D eigenvalue weighted by molar-refractivity contribution is 6.19. The summed E-state index contributed by atoms with van der Waals surface area (Å²) in [6.45, 7) is 0.631. The number of nitrogens with zero attached hydrogens (tertiary/aromatic N) is 3. The van der Waals surface area contributed by atoms with Crippen molar-refractivity contribution in [3.63, 3.8) is 0 Å². The summed E-state index contributed by atoms with van der Waals surface area (Å²) in [5, 5.41) is 5.05. The topological polar surface area (TPSA) is 22.2 Å². The van der Waals surface area contributed by atoms with Crippen LogP contribution in [-0.2, 0) is 6.54 Å². The Balaban J connectivity index is 1.35. The van der Waals surface area contributed by atoms with Crippen LogP contribution in [0.3, 0.4) is 0 Å². The zero-order valence-electron chi connectivity index (χ0n) is 22.5. The molecule has 0 unspecified atom stereocenters. The Hall–Kier alpha value is -5.41. The van der Waals surface area contributed by atoms with Gasteiger partial charge in [0.05, 0.1) is 28.6 Å². The fourth-order valence-corrected chi connectivity index (χ4v) is 6.15. The molecule has 0 saturated carbocycles. The predicted molar refractivity (Wildman–Crippen MR) is 173 cm³/mol. The summed E-state index contributed by atoms with van der Waals surface area (Å²) in [7, 11) is 0. The summed E-state index contributed by atoms with van der Waals surface area (Å²) in [6.07, 6.45) is 1.95. The third-order valence-electron chi connectivity index (χ3n) is 7.96. The van der Waals surface area contributed by atoms with Crippen LogP contribution in [0.2, 0.25) is 0 Å². The van der Waals surface area contributed by atoms with Crippen molar-refractivity contribution in [2.45, 2.75) is 6.54 Å². The summed E-state index contributed by atoms with van der Waals surface area (Å²) in [5.74, 6) is 0. The molecule has 0 spiro atoms. The number of fused-ring (bicyclic) bond motifs is 6. The van der Waals surface area contributed by atoms with E-state index in [1.54, 1.807) is 0 Å². The normalized spacial score (nSPS) is 11.9. The minimum absolute atomic E-state index is 0.631. The first kappa shape index (κ1) is 23.5. The Morgan fingerprint density at radius 3 is 1.68 bits per heavy atom. The van der Waals surface area contributed by atoms with Crippen LogP contribution in [-0.4, -0.2) is 15.3 Å². The van der Waals surface area contributed by atoms with Gasteiger partial charge in [0.2, 0.25) is 0 Å².